The maximum atomic E-state index is 12.9. The molecule has 0 fully saturated rings. The summed E-state index contributed by atoms with van der Waals surface area (Å²) in [7, 11) is -3.99. The smallest absolute Gasteiger partial charge is 0.257 e. The molecule has 0 radical (unpaired) electrons. The minimum absolute atomic E-state index is 0.0483. The number of sulfonamides is 1. The number of anilines is 1. The van der Waals surface area contributed by atoms with Crippen LogP contribution in [0.1, 0.15) is 24.0 Å². The number of amides is 2. The average molecular weight is 423 g/mol. The van der Waals surface area contributed by atoms with E-state index in [0.717, 1.165) is 11.1 Å². The Morgan fingerprint density at radius 2 is 1.27 bits per heavy atom. The Balaban J connectivity index is 1.77. The normalized spacial score (nSPS) is 11.1. The summed E-state index contributed by atoms with van der Waals surface area (Å²) in [5.41, 5.74) is 4.26. The fourth-order valence-corrected chi connectivity index (χ4v) is 3.80. The fraction of sp³-hybridized carbons (Fsp3) is 0.0909. The second kappa shape index (κ2) is 9.34. The number of rotatable bonds is 7. The van der Waals surface area contributed by atoms with Crippen molar-refractivity contribution in [3.05, 3.63) is 96.1 Å². The summed E-state index contributed by atoms with van der Waals surface area (Å²) >= 11 is 0. The van der Waals surface area contributed by atoms with Gasteiger partial charge in [0.25, 0.3) is 10.0 Å². The molecule has 3 rings (SSSR count). The highest BCUT2D eigenvalue weighted by Gasteiger charge is 2.24. The van der Waals surface area contributed by atoms with E-state index in [1.165, 1.54) is 31.2 Å². The molecular formula is C22H21N3O4S. The Morgan fingerprint density at radius 3 is 1.73 bits per heavy atom. The van der Waals surface area contributed by atoms with Crippen LogP contribution in [0.3, 0.4) is 0 Å². The highest BCUT2D eigenvalue weighted by atomic mass is 32.2. The number of nitrogens with one attached hydrogen (secondary N) is 3. The van der Waals surface area contributed by atoms with Crippen molar-refractivity contribution in [1.82, 2.24) is 10.3 Å². The third-order valence-corrected chi connectivity index (χ3v) is 5.59. The van der Waals surface area contributed by atoms with E-state index in [-0.39, 0.29) is 10.8 Å². The molecule has 0 saturated heterocycles. The number of carbonyl (C=O) groups excluding carboxylic acids is 2. The van der Waals surface area contributed by atoms with Crippen molar-refractivity contribution in [3.63, 3.8) is 0 Å². The van der Waals surface area contributed by atoms with E-state index in [1.54, 1.807) is 0 Å². The van der Waals surface area contributed by atoms with Crippen LogP contribution >= 0.6 is 0 Å². The lowest BCUT2D eigenvalue weighted by molar-refractivity contribution is -0.122. The molecule has 3 N–H and O–H groups in total. The van der Waals surface area contributed by atoms with Crippen LogP contribution in [0.5, 0.6) is 0 Å². The molecule has 0 aromatic heterocycles. The van der Waals surface area contributed by atoms with Crippen LogP contribution < -0.4 is 15.6 Å². The molecule has 0 aliphatic heterocycles. The Kier molecular flexibility index (Phi) is 6.61. The molecule has 2 amide bonds. The van der Waals surface area contributed by atoms with Gasteiger partial charge in [-0.2, -0.15) is 0 Å². The molecule has 0 bridgehead atoms. The molecule has 0 saturated carbocycles. The maximum Gasteiger partial charge on any atom is 0.257 e. The van der Waals surface area contributed by atoms with Gasteiger partial charge in [-0.3, -0.25) is 15.0 Å². The predicted molar refractivity (Wildman–Crippen MR) is 114 cm³/mol. The van der Waals surface area contributed by atoms with E-state index in [0.29, 0.717) is 5.69 Å². The van der Waals surface area contributed by atoms with Gasteiger partial charge in [-0.05, 0) is 35.4 Å². The van der Waals surface area contributed by atoms with Crippen molar-refractivity contribution < 1.29 is 18.0 Å². The van der Waals surface area contributed by atoms with E-state index in [9.17, 15) is 18.0 Å². The highest BCUT2D eigenvalue weighted by Crippen LogP contribution is 2.24. The summed E-state index contributed by atoms with van der Waals surface area (Å²) in [6.45, 7) is 1.36. The summed E-state index contributed by atoms with van der Waals surface area (Å²) in [5, 5.41) is 2.56. The lowest BCUT2D eigenvalue weighted by atomic mass is 9.91. The van der Waals surface area contributed by atoms with Crippen molar-refractivity contribution >= 4 is 27.5 Å². The van der Waals surface area contributed by atoms with Gasteiger partial charge >= 0.3 is 0 Å². The van der Waals surface area contributed by atoms with Gasteiger partial charge in [0.1, 0.15) is 0 Å². The summed E-state index contributed by atoms with van der Waals surface area (Å²) < 4.78 is 25.1. The number of carbonyl (C=O) groups is 2. The molecule has 3 aromatic rings. The average Bonchev–Trinajstić information content (AvgIpc) is 2.74. The first-order chi connectivity index (χ1) is 14.4. The van der Waals surface area contributed by atoms with E-state index in [1.807, 2.05) is 60.7 Å². The minimum Gasteiger partial charge on any atom is -0.326 e. The second-order valence-electron chi connectivity index (χ2n) is 6.55. The van der Waals surface area contributed by atoms with Crippen LogP contribution in [0.4, 0.5) is 5.69 Å². The van der Waals surface area contributed by atoms with Crippen LogP contribution in [0.25, 0.3) is 0 Å². The highest BCUT2D eigenvalue weighted by molar-refractivity contribution is 7.89. The van der Waals surface area contributed by atoms with Gasteiger partial charge in [-0.25, -0.2) is 8.42 Å². The number of benzene rings is 3. The summed E-state index contributed by atoms with van der Waals surface area (Å²) in [5.74, 6) is -1.45. The first kappa shape index (κ1) is 21.2. The van der Waals surface area contributed by atoms with E-state index >= 15 is 0 Å². The van der Waals surface area contributed by atoms with Crippen molar-refractivity contribution in [1.29, 1.82) is 0 Å². The van der Waals surface area contributed by atoms with Gasteiger partial charge in [0.2, 0.25) is 11.8 Å². The number of hydrogen-bond acceptors (Lipinski definition) is 4. The van der Waals surface area contributed by atoms with Crippen molar-refractivity contribution in [2.24, 2.45) is 0 Å². The molecule has 154 valence electrons. The zero-order valence-corrected chi connectivity index (χ0v) is 17.0. The second-order valence-corrected chi connectivity index (χ2v) is 8.24. The molecule has 8 heteroatoms. The SMILES string of the molecule is CC(=O)Nc1ccc(S(=O)(=O)NNC(=O)C(c2ccccc2)c2ccccc2)cc1. The van der Waals surface area contributed by atoms with Crippen LogP contribution in [0.15, 0.2) is 89.8 Å². The number of hydrazine groups is 1. The van der Waals surface area contributed by atoms with Crippen molar-refractivity contribution in [2.75, 3.05) is 5.32 Å². The van der Waals surface area contributed by atoms with Gasteiger partial charge in [0, 0.05) is 12.6 Å². The quantitative estimate of drug-likeness (QED) is 0.508. The molecule has 0 unspecified atom stereocenters. The van der Waals surface area contributed by atoms with Crippen LogP contribution in [0.2, 0.25) is 0 Å². The largest absolute Gasteiger partial charge is 0.326 e. The summed E-state index contributed by atoms with van der Waals surface area (Å²) in [6, 6.07) is 23.8. The van der Waals surface area contributed by atoms with Gasteiger partial charge < -0.3 is 5.32 Å². The van der Waals surface area contributed by atoms with Crippen LogP contribution in [-0.2, 0) is 19.6 Å². The Morgan fingerprint density at radius 1 is 0.767 bits per heavy atom. The van der Waals surface area contributed by atoms with E-state index in [2.05, 4.69) is 15.6 Å². The first-order valence-electron chi connectivity index (χ1n) is 9.16. The molecule has 0 heterocycles. The Labute approximate surface area is 175 Å². The van der Waals surface area contributed by atoms with Gasteiger partial charge in [-0.1, -0.05) is 60.7 Å². The third kappa shape index (κ3) is 5.31. The van der Waals surface area contributed by atoms with Gasteiger partial charge in [0.05, 0.1) is 10.8 Å². The Hall–Kier alpha value is -3.49. The standard InChI is InChI=1S/C22H21N3O4S/c1-16(26)23-19-12-14-20(15-13-19)30(28,29)25-24-22(27)21(17-8-4-2-5-9-17)18-10-6-3-7-11-18/h2-15,21,25H,1H3,(H,23,26)(H,24,27). The zero-order valence-electron chi connectivity index (χ0n) is 16.2. The zero-order chi connectivity index (χ0) is 21.6. The molecule has 0 aliphatic rings. The summed E-state index contributed by atoms with van der Waals surface area (Å²) in [4.78, 5) is 26.1. The lowest BCUT2D eigenvalue weighted by Gasteiger charge is -2.18. The van der Waals surface area contributed by atoms with Gasteiger partial charge in [0.15, 0.2) is 0 Å². The molecular weight excluding hydrogens is 402 g/mol. The molecule has 3 aromatic carbocycles. The molecule has 0 aliphatic carbocycles. The number of hydrogen-bond donors (Lipinski definition) is 3. The lowest BCUT2D eigenvalue weighted by Crippen LogP contribution is -2.44. The van der Waals surface area contributed by atoms with Crippen LogP contribution in [-0.4, -0.2) is 20.2 Å². The minimum atomic E-state index is -3.99. The van der Waals surface area contributed by atoms with E-state index in [4.69, 9.17) is 0 Å². The topological polar surface area (TPSA) is 104 Å². The molecule has 0 atom stereocenters. The third-order valence-electron chi connectivity index (χ3n) is 4.32. The predicted octanol–water partition coefficient (Wildman–Crippen LogP) is 2.79. The molecule has 0 spiro atoms. The monoisotopic (exact) mass is 423 g/mol. The first-order valence-corrected chi connectivity index (χ1v) is 10.6. The maximum absolute atomic E-state index is 12.9. The van der Waals surface area contributed by atoms with E-state index < -0.39 is 21.8 Å². The fourth-order valence-electron chi connectivity index (χ4n) is 2.96. The Bertz CT molecular complexity index is 1080. The molecule has 7 nitrogen and oxygen atoms in total. The summed E-state index contributed by atoms with van der Waals surface area (Å²) in [6.07, 6.45) is 0. The van der Waals surface area contributed by atoms with Crippen LogP contribution in [0, 0.1) is 0 Å². The molecule has 30 heavy (non-hydrogen) atoms. The van der Waals surface area contributed by atoms with Gasteiger partial charge in [-0.15, -0.1) is 4.83 Å². The van der Waals surface area contributed by atoms with Crippen molar-refractivity contribution in [2.45, 2.75) is 17.7 Å². The van der Waals surface area contributed by atoms with Crippen molar-refractivity contribution in [3.8, 4) is 0 Å².